The third kappa shape index (κ3) is 2.72. The molecule has 2 nitrogen and oxygen atoms in total. The van der Waals surface area contributed by atoms with Gasteiger partial charge in [-0.05, 0) is 43.1 Å². The fourth-order valence-electron chi connectivity index (χ4n) is 1.93. The number of hydrogen-bond acceptors (Lipinski definition) is 2. The number of ether oxygens (including phenoxy) is 1. The van der Waals surface area contributed by atoms with Crippen LogP contribution in [0.15, 0.2) is 18.2 Å². The highest BCUT2D eigenvalue weighted by atomic mass is 19.4. The van der Waals surface area contributed by atoms with Gasteiger partial charge in [-0.3, -0.25) is 0 Å². The number of benzene rings is 1. The maximum Gasteiger partial charge on any atom is 0.416 e. The van der Waals surface area contributed by atoms with Crippen LogP contribution in [0.4, 0.5) is 13.2 Å². The SMILES string of the molecule is COc1ccc(CC2CNC2)c(C(F)(F)F)c1. The first-order valence-electron chi connectivity index (χ1n) is 5.45. The second-order valence-corrected chi connectivity index (χ2v) is 4.25. The number of rotatable bonds is 3. The Hall–Kier alpha value is -1.23. The molecule has 1 aromatic carbocycles. The molecule has 0 aliphatic carbocycles. The van der Waals surface area contributed by atoms with Crippen molar-refractivity contribution in [2.24, 2.45) is 5.92 Å². The van der Waals surface area contributed by atoms with Crippen molar-refractivity contribution in [1.29, 1.82) is 0 Å². The molecule has 1 aromatic rings. The summed E-state index contributed by atoms with van der Waals surface area (Å²) in [6.45, 7) is 1.59. The van der Waals surface area contributed by atoms with Crippen LogP contribution in [-0.4, -0.2) is 20.2 Å². The highest BCUT2D eigenvalue weighted by molar-refractivity contribution is 5.38. The van der Waals surface area contributed by atoms with Gasteiger partial charge in [0.25, 0.3) is 0 Å². The van der Waals surface area contributed by atoms with E-state index in [0.717, 1.165) is 19.2 Å². The number of nitrogens with one attached hydrogen (secondary N) is 1. The highest BCUT2D eigenvalue weighted by Crippen LogP contribution is 2.35. The first-order chi connectivity index (χ1) is 8.00. The molecule has 0 bridgehead atoms. The van der Waals surface area contributed by atoms with E-state index in [1.165, 1.54) is 13.2 Å². The van der Waals surface area contributed by atoms with Crippen LogP contribution in [0.1, 0.15) is 11.1 Å². The Morgan fingerprint density at radius 2 is 2.06 bits per heavy atom. The molecular formula is C12H14F3NO. The molecule has 1 fully saturated rings. The standard InChI is InChI=1S/C12H14F3NO/c1-17-10-3-2-9(4-8-6-16-7-8)11(5-10)12(13,14)15/h2-3,5,8,16H,4,6-7H2,1H3. The molecule has 94 valence electrons. The van der Waals surface area contributed by atoms with E-state index >= 15 is 0 Å². The lowest BCUT2D eigenvalue weighted by molar-refractivity contribution is -0.138. The molecule has 0 unspecified atom stereocenters. The molecule has 5 heteroatoms. The zero-order valence-corrected chi connectivity index (χ0v) is 9.47. The summed E-state index contributed by atoms with van der Waals surface area (Å²) in [6, 6.07) is 4.16. The molecule has 1 aliphatic rings. The summed E-state index contributed by atoms with van der Waals surface area (Å²) in [6.07, 6.45) is -3.85. The van der Waals surface area contributed by atoms with Gasteiger partial charge in [0.15, 0.2) is 0 Å². The smallest absolute Gasteiger partial charge is 0.416 e. The summed E-state index contributed by atoms with van der Waals surface area (Å²) in [4.78, 5) is 0. The predicted octanol–water partition coefficient (Wildman–Crippen LogP) is 2.48. The Bertz CT molecular complexity index is 399. The molecule has 1 aliphatic heterocycles. The highest BCUT2D eigenvalue weighted by Gasteiger charge is 2.34. The van der Waals surface area contributed by atoms with Crippen molar-refractivity contribution in [3.63, 3.8) is 0 Å². The number of hydrogen-bond donors (Lipinski definition) is 1. The zero-order chi connectivity index (χ0) is 12.5. The average molecular weight is 245 g/mol. The van der Waals surface area contributed by atoms with Gasteiger partial charge in [0.05, 0.1) is 12.7 Å². The number of methoxy groups -OCH3 is 1. The van der Waals surface area contributed by atoms with Crippen molar-refractivity contribution in [2.75, 3.05) is 20.2 Å². The topological polar surface area (TPSA) is 21.3 Å². The van der Waals surface area contributed by atoms with Crippen molar-refractivity contribution < 1.29 is 17.9 Å². The normalized spacial score (nSPS) is 16.7. The molecule has 1 saturated heterocycles. The maximum atomic E-state index is 12.9. The summed E-state index contributed by atoms with van der Waals surface area (Å²) in [5.74, 6) is 0.553. The molecule has 0 atom stereocenters. The summed E-state index contributed by atoms with van der Waals surface area (Å²) in [5, 5.41) is 3.06. The minimum atomic E-state index is -4.32. The van der Waals surface area contributed by atoms with E-state index in [2.05, 4.69) is 5.32 Å². The minimum absolute atomic E-state index is 0.243. The van der Waals surface area contributed by atoms with E-state index in [1.807, 2.05) is 0 Å². The van der Waals surface area contributed by atoms with E-state index < -0.39 is 11.7 Å². The molecule has 0 spiro atoms. The fourth-order valence-corrected chi connectivity index (χ4v) is 1.93. The van der Waals surface area contributed by atoms with Gasteiger partial charge in [-0.1, -0.05) is 6.07 Å². The van der Waals surface area contributed by atoms with Crippen LogP contribution in [0.5, 0.6) is 5.75 Å². The van der Waals surface area contributed by atoms with Crippen LogP contribution in [0, 0.1) is 5.92 Å². The maximum absolute atomic E-state index is 12.9. The van der Waals surface area contributed by atoms with E-state index in [-0.39, 0.29) is 5.75 Å². The zero-order valence-electron chi connectivity index (χ0n) is 9.47. The van der Waals surface area contributed by atoms with Gasteiger partial charge < -0.3 is 10.1 Å². The predicted molar refractivity (Wildman–Crippen MR) is 58.1 cm³/mol. The first-order valence-corrected chi connectivity index (χ1v) is 5.45. The molecule has 0 aromatic heterocycles. The Labute approximate surface area is 97.8 Å². The molecule has 0 radical (unpaired) electrons. The largest absolute Gasteiger partial charge is 0.497 e. The summed E-state index contributed by atoms with van der Waals surface area (Å²) in [5.41, 5.74) is -0.228. The van der Waals surface area contributed by atoms with Gasteiger partial charge in [-0.2, -0.15) is 13.2 Å². The molecule has 0 amide bonds. The van der Waals surface area contributed by atoms with E-state index in [0.29, 0.717) is 17.9 Å². The lowest BCUT2D eigenvalue weighted by Crippen LogP contribution is -2.43. The molecule has 2 rings (SSSR count). The van der Waals surface area contributed by atoms with Crippen molar-refractivity contribution >= 4 is 0 Å². The van der Waals surface area contributed by atoms with Crippen molar-refractivity contribution in [3.8, 4) is 5.75 Å². The van der Waals surface area contributed by atoms with Crippen LogP contribution in [0.2, 0.25) is 0 Å². The van der Waals surface area contributed by atoms with Crippen LogP contribution >= 0.6 is 0 Å². The van der Waals surface area contributed by atoms with E-state index in [1.54, 1.807) is 6.07 Å². The van der Waals surface area contributed by atoms with E-state index in [4.69, 9.17) is 4.74 Å². The van der Waals surface area contributed by atoms with Gasteiger partial charge in [0.1, 0.15) is 5.75 Å². The monoisotopic (exact) mass is 245 g/mol. The van der Waals surface area contributed by atoms with Gasteiger partial charge in [-0.25, -0.2) is 0 Å². The Morgan fingerprint density at radius 3 is 2.53 bits per heavy atom. The molecule has 17 heavy (non-hydrogen) atoms. The van der Waals surface area contributed by atoms with Crippen LogP contribution in [-0.2, 0) is 12.6 Å². The van der Waals surface area contributed by atoms with Gasteiger partial charge in [-0.15, -0.1) is 0 Å². The van der Waals surface area contributed by atoms with Crippen molar-refractivity contribution in [1.82, 2.24) is 5.32 Å². The quantitative estimate of drug-likeness (QED) is 0.883. The molecule has 1 heterocycles. The van der Waals surface area contributed by atoms with Crippen LogP contribution in [0.25, 0.3) is 0 Å². The fraction of sp³-hybridized carbons (Fsp3) is 0.500. The summed E-state index contributed by atoms with van der Waals surface area (Å²) >= 11 is 0. The Morgan fingerprint density at radius 1 is 1.35 bits per heavy atom. The number of halogens is 3. The minimum Gasteiger partial charge on any atom is -0.497 e. The Balaban J connectivity index is 2.28. The molecule has 0 saturated carbocycles. The van der Waals surface area contributed by atoms with E-state index in [9.17, 15) is 13.2 Å². The van der Waals surface area contributed by atoms with Gasteiger partial charge in [0, 0.05) is 0 Å². The molecular weight excluding hydrogens is 231 g/mol. The van der Waals surface area contributed by atoms with Gasteiger partial charge >= 0.3 is 6.18 Å². The number of alkyl halides is 3. The lowest BCUT2D eigenvalue weighted by Gasteiger charge is -2.28. The second kappa shape index (κ2) is 4.56. The summed E-state index contributed by atoms with van der Waals surface area (Å²) in [7, 11) is 1.37. The molecule has 1 N–H and O–H groups in total. The summed E-state index contributed by atoms with van der Waals surface area (Å²) < 4.78 is 43.4. The van der Waals surface area contributed by atoms with Crippen molar-refractivity contribution in [2.45, 2.75) is 12.6 Å². The Kier molecular flexibility index (Phi) is 3.28. The van der Waals surface area contributed by atoms with Crippen molar-refractivity contribution in [3.05, 3.63) is 29.3 Å². The second-order valence-electron chi connectivity index (χ2n) is 4.25. The third-order valence-corrected chi connectivity index (χ3v) is 3.00. The average Bonchev–Trinajstić information content (AvgIpc) is 2.22. The third-order valence-electron chi connectivity index (χ3n) is 3.00. The first kappa shape index (κ1) is 12.2. The van der Waals surface area contributed by atoms with Crippen LogP contribution < -0.4 is 10.1 Å². The van der Waals surface area contributed by atoms with Crippen LogP contribution in [0.3, 0.4) is 0 Å². The lowest BCUT2D eigenvalue weighted by atomic mass is 9.91. The van der Waals surface area contributed by atoms with Gasteiger partial charge in [0.2, 0.25) is 0 Å².